The largest absolute Gasteiger partial charge is 0.444 e. The molecule has 3 amide bonds. The van der Waals surface area contributed by atoms with E-state index in [0.29, 0.717) is 4.90 Å². The van der Waals surface area contributed by atoms with Gasteiger partial charge in [0, 0.05) is 0 Å². The van der Waals surface area contributed by atoms with Gasteiger partial charge >= 0.3 is 24.5 Å². The Hall–Kier alpha value is -3.19. The van der Waals surface area contributed by atoms with Gasteiger partial charge in [-0.3, -0.25) is 14.6 Å². The minimum Gasteiger partial charge on any atom is -0.444 e. The van der Waals surface area contributed by atoms with Gasteiger partial charge in [0.2, 0.25) is 0 Å². The molecule has 1 heterocycles. The van der Waals surface area contributed by atoms with Gasteiger partial charge in [0.1, 0.15) is 18.2 Å². The van der Waals surface area contributed by atoms with Crippen LogP contribution in [0.2, 0.25) is 0 Å². The molecule has 0 fully saturated rings. The van der Waals surface area contributed by atoms with E-state index in [0.717, 1.165) is 12.1 Å². The summed E-state index contributed by atoms with van der Waals surface area (Å²) < 4.78 is 86.5. The molecule has 1 aromatic rings. The molecule has 1 aliphatic rings. The Morgan fingerprint density at radius 1 is 1.03 bits per heavy atom. The number of hydrogen-bond acceptors (Lipinski definition) is 5. The van der Waals surface area contributed by atoms with Crippen LogP contribution < -0.4 is 15.1 Å². The number of hydrogen-bond donors (Lipinski definition) is 1. The summed E-state index contributed by atoms with van der Waals surface area (Å²) in [4.78, 5) is 38.4. The lowest BCUT2D eigenvalue weighted by Crippen LogP contribution is -2.55. The van der Waals surface area contributed by atoms with Crippen LogP contribution in [-0.2, 0) is 14.3 Å². The fourth-order valence-corrected chi connectivity index (χ4v) is 2.88. The van der Waals surface area contributed by atoms with Crippen LogP contribution in [0.1, 0.15) is 20.8 Å². The molecule has 0 saturated heterocycles. The highest BCUT2D eigenvalue weighted by atomic mass is 19.4. The fourth-order valence-electron chi connectivity index (χ4n) is 2.88. The maximum atomic E-state index is 13.2. The number of alkyl halides is 6. The van der Waals surface area contributed by atoms with Crippen molar-refractivity contribution in [3.05, 3.63) is 24.3 Å². The molecule has 14 heteroatoms. The summed E-state index contributed by atoms with van der Waals surface area (Å²) in [7, 11) is 0. The van der Waals surface area contributed by atoms with Gasteiger partial charge in [-0.2, -0.15) is 26.3 Å². The number of benzene rings is 1. The summed E-state index contributed by atoms with van der Waals surface area (Å²) >= 11 is 0. The van der Waals surface area contributed by atoms with Gasteiger partial charge < -0.3 is 14.8 Å². The maximum absolute atomic E-state index is 13.2. The van der Waals surface area contributed by atoms with E-state index in [9.17, 15) is 40.7 Å². The second-order valence-corrected chi connectivity index (χ2v) is 8.01. The Balaban J connectivity index is 2.48. The maximum Gasteiger partial charge on any atom is 0.422 e. The van der Waals surface area contributed by atoms with Gasteiger partial charge in [0.25, 0.3) is 5.91 Å². The van der Waals surface area contributed by atoms with Crippen molar-refractivity contribution in [2.24, 2.45) is 0 Å². The zero-order chi connectivity index (χ0) is 25.2. The smallest absolute Gasteiger partial charge is 0.422 e. The zero-order valence-electron chi connectivity index (χ0n) is 17.7. The van der Waals surface area contributed by atoms with E-state index in [1.807, 2.05) is 0 Å². The summed E-state index contributed by atoms with van der Waals surface area (Å²) in [5.41, 5.74) is -1.74. The molecular formula is C19H21F6N3O5. The number of halogens is 6. The fraction of sp³-hybridized carbons (Fsp3) is 0.526. The first-order chi connectivity index (χ1) is 15.0. The number of alkyl carbamates (subject to hydrolysis) is 1. The molecule has 1 aliphatic heterocycles. The van der Waals surface area contributed by atoms with Crippen LogP contribution in [0.25, 0.3) is 0 Å². The van der Waals surface area contributed by atoms with Crippen molar-refractivity contribution < 1.29 is 50.2 Å². The second kappa shape index (κ2) is 9.35. The number of ether oxygens (including phenoxy) is 2. The first-order valence-corrected chi connectivity index (χ1v) is 9.44. The summed E-state index contributed by atoms with van der Waals surface area (Å²) in [5, 5.41) is 2.08. The number of carbonyl (C=O) groups is 3. The van der Waals surface area contributed by atoms with Crippen molar-refractivity contribution in [1.82, 2.24) is 5.32 Å². The topological polar surface area (TPSA) is 88.2 Å². The molecule has 2 rings (SSSR count). The van der Waals surface area contributed by atoms with E-state index in [1.54, 1.807) is 0 Å². The number of para-hydroxylation sites is 2. The van der Waals surface area contributed by atoms with Crippen molar-refractivity contribution >= 4 is 29.5 Å². The molecular weight excluding hydrogens is 464 g/mol. The average Bonchev–Trinajstić information content (AvgIpc) is 2.74. The van der Waals surface area contributed by atoms with Crippen molar-refractivity contribution in [2.45, 2.75) is 44.8 Å². The second-order valence-electron chi connectivity index (χ2n) is 8.01. The Kier molecular flexibility index (Phi) is 7.39. The van der Waals surface area contributed by atoms with Crippen LogP contribution >= 0.6 is 0 Å². The number of anilines is 2. The van der Waals surface area contributed by atoms with Crippen molar-refractivity contribution in [3.63, 3.8) is 0 Å². The third kappa shape index (κ3) is 7.71. The normalized spacial score (nSPS) is 17.2. The molecule has 0 spiro atoms. The Morgan fingerprint density at radius 3 is 2.12 bits per heavy atom. The zero-order valence-corrected chi connectivity index (χ0v) is 17.7. The van der Waals surface area contributed by atoms with Crippen LogP contribution in [0.3, 0.4) is 0 Å². The van der Waals surface area contributed by atoms with Gasteiger partial charge in [0.05, 0.1) is 17.9 Å². The molecule has 1 atom stereocenters. The predicted molar refractivity (Wildman–Crippen MR) is 103 cm³/mol. The summed E-state index contributed by atoms with van der Waals surface area (Å²) in [6, 6.07) is 3.01. The van der Waals surface area contributed by atoms with Crippen molar-refractivity contribution in [2.75, 3.05) is 29.5 Å². The lowest BCUT2D eigenvalue weighted by Gasteiger charge is -2.27. The molecule has 0 unspecified atom stereocenters. The first-order valence-electron chi connectivity index (χ1n) is 9.44. The number of rotatable bonds is 3. The van der Waals surface area contributed by atoms with Crippen molar-refractivity contribution in [1.29, 1.82) is 0 Å². The van der Waals surface area contributed by atoms with Crippen LogP contribution in [0.15, 0.2) is 24.3 Å². The Morgan fingerprint density at radius 2 is 1.61 bits per heavy atom. The van der Waals surface area contributed by atoms with Crippen molar-refractivity contribution in [3.8, 4) is 0 Å². The third-order valence-corrected chi connectivity index (χ3v) is 4.00. The molecule has 0 aliphatic carbocycles. The van der Waals surface area contributed by atoms with E-state index >= 15 is 0 Å². The molecule has 33 heavy (non-hydrogen) atoms. The third-order valence-electron chi connectivity index (χ3n) is 4.00. The standard InChI is InChI=1S/C19H21F6N3O5/c1-17(2,3)33-15(30)26-11-8-27(16(31)32-10-19(23,24)25)12-6-4-5-7-13(12)28(14(11)29)9-18(20,21)22/h4-7,11H,8-10H2,1-3H3,(H,26,30)/t11-/m0/s1. The molecule has 0 aromatic heterocycles. The molecule has 8 nitrogen and oxygen atoms in total. The van der Waals surface area contributed by atoms with E-state index in [1.165, 1.54) is 32.9 Å². The monoisotopic (exact) mass is 485 g/mol. The van der Waals surface area contributed by atoms with Gasteiger partial charge in [-0.05, 0) is 32.9 Å². The average molecular weight is 485 g/mol. The van der Waals surface area contributed by atoms with Crippen LogP contribution in [0, 0.1) is 0 Å². The highest BCUT2D eigenvalue weighted by Crippen LogP contribution is 2.35. The molecule has 0 radical (unpaired) electrons. The number of fused-ring (bicyclic) bond motifs is 1. The number of nitrogens with one attached hydrogen (secondary N) is 1. The lowest BCUT2D eigenvalue weighted by atomic mass is 10.2. The van der Waals surface area contributed by atoms with Crippen LogP contribution in [-0.4, -0.2) is 61.8 Å². The highest BCUT2D eigenvalue weighted by molar-refractivity contribution is 6.06. The number of nitrogens with zero attached hydrogens (tertiary/aromatic N) is 2. The van der Waals surface area contributed by atoms with E-state index in [-0.39, 0.29) is 10.6 Å². The first kappa shape index (κ1) is 26.1. The predicted octanol–water partition coefficient (Wildman–Crippen LogP) is 3.99. The highest BCUT2D eigenvalue weighted by Gasteiger charge is 2.43. The Bertz CT molecular complexity index is 897. The Labute approximate surface area is 184 Å². The molecule has 184 valence electrons. The quantitative estimate of drug-likeness (QED) is 0.655. The summed E-state index contributed by atoms with van der Waals surface area (Å²) in [6.45, 7) is -0.0634. The van der Waals surface area contributed by atoms with Gasteiger partial charge in [0.15, 0.2) is 6.61 Å². The minimum absolute atomic E-state index is 0.286. The number of amides is 3. The van der Waals surface area contributed by atoms with Gasteiger partial charge in [-0.1, -0.05) is 12.1 Å². The number of carbonyl (C=O) groups excluding carboxylic acids is 3. The van der Waals surface area contributed by atoms with E-state index in [4.69, 9.17) is 4.74 Å². The lowest BCUT2D eigenvalue weighted by molar-refractivity contribution is -0.159. The van der Waals surface area contributed by atoms with Gasteiger partial charge in [-0.15, -0.1) is 0 Å². The molecule has 0 saturated carbocycles. The SMILES string of the molecule is CC(C)(C)OC(=O)N[C@H]1CN(C(=O)OCC(F)(F)F)c2ccccc2N(CC(F)(F)F)C1=O. The molecule has 0 bridgehead atoms. The van der Waals surface area contributed by atoms with Crippen LogP contribution in [0.5, 0.6) is 0 Å². The van der Waals surface area contributed by atoms with Crippen LogP contribution in [0.4, 0.5) is 47.3 Å². The van der Waals surface area contributed by atoms with E-state index in [2.05, 4.69) is 10.1 Å². The minimum atomic E-state index is -4.87. The van der Waals surface area contributed by atoms with E-state index < -0.39 is 67.5 Å². The molecule has 1 N–H and O–H groups in total. The summed E-state index contributed by atoms with van der Waals surface area (Å²) in [5.74, 6) is -1.25. The summed E-state index contributed by atoms with van der Waals surface area (Å²) in [6.07, 6.45) is -12.5. The molecule has 1 aromatic carbocycles. The van der Waals surface area contributed by atoms with Gasteiger partial charge in [-0.25, -0.2) is 9.59 Å².